The molecule has 22 heavy (non-hydrogen) atoms. The van der Waals surface area contributed by atoms with E-state index < -0.39 is 25.8 Å². The molecular formula is C13H18N2O5S2. The predicted octanol–water partition coefficient (Wildman–Crippen LogP) is -0.0239. The van der Waals surface area contributed by atoms with Crippen molar-refractivity contribution in [1.29, 1.82) is 0 Å². The summed E-state index contributed by atoms with van der Waals surface area (Å²) in [5.74, 6) is -0.732. The Morgan fingerprint density at radius 1 is 1.14 bits per heavy atom. The highest BCUT2D eigenvalue weighted by Crippen LogP contribution is 2.25. The van der Waals surface area contributed by atoms with Crippen LogP contribution >= 0.6 is 0 Å². The topological polar surface area (TPSA) is 115 Å². The molecule has 0 aliphatic carbocycles. The van der Waals surface area contributed by atoms with Crippen molar-refractivity contribution < 1.29 is 21.6 Å². The van der Waals surface area contributed by atoms with Gasteiger partial charge in [-0.1, -0.05) is 6.07 Å². The molecule has 9 heteroatoms. The van der Waals surface area contributed by atoms with Gasteiger partial charge in [0, 0.05) is 25.3 Å². The SMILES string of the molecule is CS(=O)(=O)c1cccc(S(=O)(=O)N2CCC(C(N)=O)CC2)c1. The second-order valence-electron chi connectivity index (χ2n) is 5.33. The van der Waals surface area contributed by atoms with Crippen molar-refractivity contribution in [3.8, 4) is 0 Å². The van der Waals surface area contributed by atoms with Crippen molar-refractivity contribution >= 4 is 25.8 Å². The Kier molecular flexibility index (Phi) is 4.59. The molecule has 0 unspecified atom stereocenters. The minimum Gasteiger partial charge on any atom is -0.369 e. The average molecular weight is 346 g/mol. The van der Waals surface area contributed by atoms with E-state index in [-0.39, 0.29) is 28.8 Å². The Morgan fingerprint density at radius 2 is 1.68 bits per heavy atom. The van der Waals surface area contributed by atoms with Crippen LogP contribution in [0.3, 0.4) is 0 Å². The Balaban J connectivity index is 2.27. The fraction of sp³-hybridized carbons (Fsp3) is 0.462. The van der Waals surface area contributed by atoms with E-state index in [9.17, 15) is 21.6 Å². The zero-order valence-corrected chi connectivity index (χ0v) is 13.7. The molecule has 2 N–H and O–H groups in total. The summed E-state index contributed by atoms with van der Waals surface area (Å²) in [7, 11) is -7.26. The molecule has 1 aromatic carbocycles. The molecule has 122 valence electrons. The molecule has 1 saturated heterocycles. The second-order valence-corrected chi connectivity index (χ2v) is 9.28. The van der Waals surface area contributed by atoms with Gasteiger partial charge in [0.25, 0.3) is 0 Å². The second kappa shape index (κ2) is 5.98. The minimum atomic E-state index is -3.78. The number of benzene rings is 1. The van der Waals surface area contributed by atoms with Crippen molar-refractivity contribution in [2.45, 2.75) is 22.6 Å². The number of hydrogen-bond acceptors (Lipinski definition) is 5. The molecule has 1 amide bonds. The zero-order chi connectivity index (χ0) is 16.5. The van der Waals surface area contributed by atoms with Crippen molar-refractivity contribution in [2.24, 2.45) is 11.7 Å². The van der Waals surface area contributed by atoms with Gasteiger partial charge in [-0.25, -0.2) is 16.8 Å². The first-order chi connectivity index (χ1) is 10.1. The van der Waals surface area contributed by atoms with E-state index in [0.29, 0.717) is 12.8 Å². The highest BCUT2D eigenvalue weighted by atomic mass is 32.2. The van der Waals surface area contributed by atoms with Crippen LogP contribution in [0.2, 0.25) is 0 Å². The van der Waals surface area contributed by atoms with Crippen LogP contribution in [0.25, 0.3) is 0 Å². The highest BCUT2D eigenvalue weighted by molar-refractivity contribution is 7.91. The lowest BCUT2D eigenvalue weighted by Crippen LogP contribution is -2.41. The Bertz CT molecular complexity index is 778. The summed E-state index contributed by atoms with van der Waals surface area (Å²) in [6.07, 6.45) is 1.78. The number of hydrogen-bond donors (Lipinski definition) is 1. The third-order valence-corrected chi connectivity index (χ3v) is 6.73. The number of carbonyl (C=O) groups is 1. The van der Waals surface area contributed by atoms with Crippen LogP contribution in [0.5, 0.6) is 0 Å². The van der Waals surface area contributed by atoms with Crippen LogP contribution in [-0.2, 0) is 24.7 Å². The van der Waals surface area contributed by atoms with E-state index in [1.807, 2.05) is 0 Å². The Morgan fingerprint density at radius 3 is 2.18 bits per heavy atom. The number of sulfone groups is 1. The van der Waals surface area contributed by atoms with Gasteiger partial charge >= 0.3 is 0 Å². The van der Waals surface area contributed by atoms with Gasteiger partial charge in [0.2, 0.25) is 15.9 Å². The number of rotatable bonds is 4. The van der Waals surface area contributed by atoms with E-state index in [2.05, 4.69) is 0 Å². The number of amides is 1. The summed E-state index contributed by atoms with van der Waals surface area (Å²) < 4.78 is 49.5. The van der Waals surface area contributed by atoms with Gasteiger partial charge in [0.15, 0.2) is 9.84 Å². The maximum atomic E-state index is 12.6. The number of nitrogens with zero attached hydrogens (tertiary/aromatic N) is 1. The highest BCUT2D eigenvalue weighted by Gasteiger charge is 2.31. The van der Waals surface area contributed by atoms with E-state index in [1.54, 1.807) is 0 Å². The molecule has 1 aliphatic rings. The van der Waals surface area contributed by atoms with E-state index in [0.717, 1.165) is 12.3 Å². The van der Waals surface area contributed by atoms with Crippen LogP contribution < -0.4 is 5.73 Å². The van der Waals surface area contributed by atoms with Gasteiger partial charge in [-0.2, -0.15) is 4.31 Å². The molecule has 1 aromatic rings. The molecule has 0 atom stereocenters. The lowest BCUT2D eigenvalue weighted by atomic mass is 9.98. The van der Waals surface area contributed by atoms with Crippen molar-refractivity contribution in [3.63, 3.8) is 0 Å². The first-order valence-corrected chi connectivity index (χ1v) is 10.0. The fourth-order valence-corrected chi connectivity index (χ4v) is 4.65. The van der Waals surface area contributed by atoms with Gasteiger partial charge in [-0.3, -0.25) is 4.79 Å². The molecular weight excluding hydrogens is 328 g/mol. The lowest BCUT2D eigenvalue weighted by Gasteiger charge is -2.29. The molecule has 0 aromatic heterocycles. The van der Waals surface area contributed by atoms with Gasteiger partial charge in [0.1, 0.15) is 0 Å². The van der Waals surface area contributed by atoms with Gasteiger partial charge in [-0.05, 0) is 31.0 Å². The number of carbonyl (C=O) groups excluding carboxylic acids is 1. The van der Waals surface area contributed by atoms with Crippen molar-refractivity contribution in [3.05, 3.63) is 24.3 Å². The first kappa shape index (κ1) is 16.9. The van der Waals surface area contributed by atoms with Crippen molar-refractivity contribution in [2.75, 3.05) is 19.3 Å². The maximum Gasteiger partial charge on any atom is 0.243 e. The van der Waals surface area contributed by atoms with Crippen LogP contribution in [0.4, 0.5) is 0 Å². The lowest BCUT2D eigenvalue weighted by molar-refractivity contribution is -0.122. The van der Waals surface area contributed by atoms with E-state index in [1.165, 1.54) is 22.5 Å². The first-order valence-electron chi connectivity index (χ1n) is 6.72. The summed E-state index contributed by atoms with van der Waals surface area (Å²) in [4.78, 5) is 11.0. The zero-order valence-electron chi connectivity index (χ0n) is 12.1. The average Bonchev–Trinajstić information content (AvgIpc) is 2.46. The smallest absolute Gasteiger partial charge is 0.243 e. The van der Waals surface area contributed by atoms with E-state index in [4.69, 9.17) is 5.73 Å². The van der Waals surface area contributed by atoms with E-state index >= 15 is 0 Å². The normalized spacial score (nSPS) is 18.2. The molecule has 1 fully saturated rings. The Labute approximate surface area is 130 Å². The molecule has 2 rings (SSSR count). The molecule has 0 radical (unpaired) electrons. The largest absolute Gasteiger partial charge is 0.369 e. The fourth-order valence-electron chi connectivity index (χ4n) is 2.40. The number of nitrogens with two attached hydrogens (primary N) is 1. The standard InChI is InChI=1S/C13H18N2O5S2/c1-21(17,18)11-3-2-4-12(9-11)22(19,20)15-7-5-10(6-8-15)13(14)16/h2-4,9-10H,5-8H2,1H3,(H2,14,16). The van der Waals surface area contributed by atoms with Gasteiger partial charge in [0.05, 0.1) is 9.79 Å². The molecule has 0 saturated carbocycles. The molecule has 1 aliphatic heterocycles. The Hall–Kier alpha value is -1.45. The summed E-state index contributed by atoms with van der Waals surface area (Å²) in [6.45, 7) is 0.387. The van der Waals surface area contributed by atoms with Crippen LogP contribution in [-0.4, -0.2) is 46.4 Å². The molecule has 0 bridgehead atoms. The van der Waals surface area contributed by atoms with Gasteiger partial charge < -0.3 is 5.73 Å². The minimum absolute atomic E-state index is 0.0411. The third-order valence-electron chi connectivity index (χ3n) is 3.73. The molecule has 0 spiro atoms. The summed E-state index contributed by atoms with van der Waals surface area (Å²) in [5.41, 5.74) is 5.23. The molecule has 1 heterocycles. The molecule has 7 nitrogen and oxygen atoms in total. The monoisotopic (exact) mass is 346 g/mol. The van der Waals surface area contributed by atoms with Crippen LogP contribution in [0.1, 0.15) is 12.8 Å². The van der Waals surface area contributed by atoms with Crippen LogP contribution in [0.15, 0.2) is 34.1 Å². The number of primary amides is 1. The maximum absolute atomic E-state index is 12.6. The summed E-state index contributed by atoms with van der Waals surface area (Å²) in [5, 5.41) is 0. The predicted molar refractivity (Wildman–Crippen MR) is 80.2 cm³/mol. The van der Waals surface area contributed by atoms with Gasteiger partial charge in [-0.15, -0.1) is 0 Å². The summed E-state index contributed by atoms with van der Waals surface area (Å²) >= 11 is 0. The summed E-state index contributed by atoms with van der Waals surface area (Å²) in [6, 6.07) is 5.28. The number of piperidine rings is 1. The van der Waals surface area contributed by atoms with Crippen molar-refractivity contribution in [1.82, 2.24) is 4.31 Å². The third kappa shape index (κ3) is 3.47. The van der Waals surface area contributed by atoms with Crippen LogP contribution in [0, 0.1) is 5.92 Å². The quantitative estimate of drug-likeness (QED) is 0.822. The number of sulfonamides is 1.